The number of hydrogen-bond donors (Lipinski definition) is 1. The van der Waals surface area contributed by atoms with Crippen LogP contribution in [0.5, 0.6) is 0 Å². The largest absolute Gasteiger partial charge is 0.391 e. The Hall–Kier alpha value is -0.120. The van der Waals surface area contributed by atoms with Crippen molar-refractivity contribution in [1.82, 2.24) is 9.80 Å². The zero-order valence-electron chi connectivity index (χ0n) is 12.5. The summed E-state index contributed by atoms with van der Waals surface area (Å²) in [7, 11) is 0. The molecule has 1 N–H and O–H groups in total. The van der Waals surface area contributed by atoms with Gasteiger partial charge in [-0.3, -0.25) is 4.90 Å². The average molecular weight is 254 g/mol. The second kappa shape index (κ2) is 5.48. The summed E-state index contributed by atoms with van der Waals surface area (Å²) < 4.78 is 0. The van der Waals surface area contributed by atoms with Crippen LogP contribution in [-0.2, 0) is 0 Å². The molecule has 1 aliphatic carbocycles. The zero-order chi connectivity index (χ0) is 13.3. The Morgan fingerprint density at radius 3 is 2.22 bits per heavy atom. The summed E-state index contributed by atoms with van der Waals surface area (Å²) in [5, 5.41) is 10.4. The molecule has 0 spiro atoms. The van der Waals surface area contributed by atoms with Gasteiger partial charge in [0.25, 0.3) is 0 Å². The van der Waals surface area contributed by atoms with Gasteiger partial charge in [-0.15, -0.1) is 0 Å². The fraction of sp³-hybridized carbons (Fsp3) is 1.00. The molecule has 1 saturated carbocycles. The Balaban J connectivity index is 1.83. The maximum atomic E-state index is 10.4. The summed E-state index contributed by atoms with van der Waals surface area (Å²) >= 11 is 0. The van der Waals surface area contributed by atoms with Gasteiger partial charge in [0.1, 0.15) is 0 Å². The van der Waals surface area contributed by atoms with Gasteiger partial charge in [-0.1, -0.05) is 27.7 Å². The molecule has 3 nitrogen and oxygen atoms in total. The molecule has 2 aliphatic rings. The van der Waals surface area contributed by atoms with Gasteiger partial charge in [0.05, 0.1) is 6.10 Å². The highest BCUT2D eigenvalue weighted by atomic mass is 16.3. The van der Waals surface area contributed by atoms with Crippen LogP contribution in [0.4, 0.5) is 0 Å². The van der Waals surface area contributed by atoms with Crippen molar-refractivity contribution in [3.8, 4) is 0 Å². The van der Waals surface area contributed by atoms with Gasteiger partial charge in [0.2, 0.25) is 0 Å². The highest BCUT2D eigenvalue weighted by molar-refractivity contribution is 4.97. The molecule has 106 valence electrons. The van der Waals surface area contributed by atoms with Crippen LogP contribution in [0.2, 0.25) is 0 Å². The van der Waals surface area contributed by atoms with Gasteiger partial charge in [-0.25, -0.2) is 0 Å². The van der Waals surface area contributed by atoms with E-state index in [1.165, 1.54) is 26.1 Å². The van der Waals surface area contributed by atoms with Crippen LogP contribution in [0, 0.1) is 11.3 Å². The highest BCUT2D eigenvalue weighted by Crippen LogP contribution is 2.39. The van der Waals surface area contributed by atoms with E-state index in [1.54, 1.807) is 0 Å². The molecule has 1 saturated heterocycles. The van der Waals surface area contributed by atoms with Crippen LogP contribution in [0.1, 0.15) is 40.5 Å². The maximum Gasteiger partial charge on any atom is 0.0746 e. The monoisotopic (exact) mass is 254 g/mol. The van der Waals surface area contributed by atoms with E-state index in [9.17, 15) is 5.11 Å². The topological polar surface area (TPSA) is 26.7 Å². The number of aliphatic hydroxyl groups is 1. The fourth-order valence-corrected chi connectivity index (χ4v) is 3.52. The highest BCUT2D eigenvalue weighted by Gasteiger charge is 2.43. The van der Waals surface area contributed by atoms with Gasteiger partial charge in [0, 0.05) is 38.8 Å². The third kappa shape index (κ3) is 3.06. The standard InChI is InChI=1S/C15H30N2O/c1-12(2)11-16-7-9-17(10-8-16)13-5-6-15(3,4)14(13)18/h12-14,18H,5-11H2,1-4H3. The van der Waals surface area contributed by atoms with Crippen molar-refractivity contribution in [2.24, 2.45) is 11.3 Å². The number of hydrogen-bond acceptors (Lipinski definition) is 3. The molecule has 18 heavy (non-hydrogen) atoms. The van der Waals surface area contributed by atoms with E-state index in [0.29, 0.717) is 6.04 Å². The lowest BCUT2D eigenvalue weighted by molar-refractivity contribution is -0.00428. The van der Waals surface area contributed by atoms with Gasteiger partial charge >= 0.3 is 0 Å². The van der Waals surface area contributed by atoms with Crippen molar-refractivity contribution in [3.63, 3.8) is 0 Å². The van der Waals surface area contributed by atoms with E-state index >= 15 is 0 Å². The molecule has 0 amide bonds. The molecule has 2 fully saturated rings. The van der Waals surface area contributed by atoms with Crippen LogP contribution in [-0.4, -0.2) is 59.8 Å². The molecule has 0 radical (unpaired) electrons. The maximum absolute atomic E-state index is 10.4. The summed E-state index contributed by atoms with van der Waals surface area (Å²) in [6.07, 6.45) is 2.18. The minimum absolute atomic E-state index is 0.111. The summed E-state index contributed by atoms with van der Waals surface area (Å²) in [5.74, 6) is 0.757. The van der Waals surface area contributed by atoms with E-state index in [-0.39, 0.29) is 11.5 Å². The minimum Gasteiger partial charge on any atom is -0.391 e. The molecular formula is C15H30N2O. The summed E-state index contributed by atoms with van der Waals surface area (Å²) in [4.78, 5) is 5.09. The normalized spacial score (nSPS) is 34.3. The SMILES string of the molecule is CC(C)CN1CCN(C2CCC(C)(C)C2O)CC1. The first-order valence-corrected chi connectivity index (χ1v) is 7.54. The Morgan fingerprint density at radius 1 is 1.17 bits per heavy atom. The molecule has 1 heterocycles. The number of piperazine rings is 1. The predicted octanol–water partition coefficient (Wildman–Crippen LogP) is 1.81. The lowest BCUT2D eigenvalue weighted by atomic mass is 9.88. The van der Waals surface area contributed by atoms with Crippen LogP contribution >= 0.6 is 0 Å². The summed E-state index contributed by atoms with van der Waals surface area (Å²) in [6, 6.07) is 0.404. The quantitative estimate of drug-likeness (QED) is 0.832. The van der Waals surface area contributed by atoms with Crippen molar-refractivity contribution < 1.29 is 5.11 Å². The average Bonchev–Trinajstić information content (AvgIpc) is 2.55. The van der Waals surface area contributed by atoms with Crippen LogP contribution in [0.15, 0.2) is 0 Å². The predicted molar refractivity (Wildman–Crippen MR) is 75.7 cm³/mol. The number of aliphatic hydroxyl groups excluding tert-OH is 1. The Kier molecular flexibility index (Phi) is 4.35. The van der Waals surface area contributed by atoms with Crippen LogP contribution in [0.3, 0.4) is 0 Å². The Bertz CT molecular complexity index is 270. The van der Waals surface area contributed by atoms with Crippen LogP contribution < -0.4 is 0 Å². The smallest absolute Gasteiger partial charge is 0.0746 e. The first-order valence-electron chi connectivity index (χ1n) is 7.54. The van der Waals surface area contributed by atoms with Crippen molar-refractivity contribution in [2.75, 3.05) is 32.7 Å². The van der Waals surface area contributed by atoms with Gasteiger partial charge in [0.15, 0.2) is 0 Å². The first kappa shape index (κ1) is 14.3. The molecule has 0 bridgehead atoms. The molecule has 0 aromatic carbocycles. The minimum atomic E-state index is -0.144. The Morgan fingerprint density at radius 2 is 1.78 bits per heavy atom. The van der Waals surface area contributed by atoms with Gasteiger partial charge in [-0.05, 0) is 24.2 Å². The van der Waals surface area contributed by atoms with E-state index in [1.807, 2.05) is 0 Å². The fourth-order valence-electron chi connectivity index (χ4n) is 3.52. The van der Waals surface area contributed by atoms with Crippen molar-refractivity contribution in [2.45, 2.75) is 52.7 Å². The van der Waals surface area contributed by atoms with E-state index in [2.05, 4.69) is 37.5 Å². The Labute approximate surface area is 112 Å². The van der Waals surface area contributed by atoms with Crippen LogP contribution in [0.25, 0.3) is 0 Å². The molecule has 2 rings (SSSR count). The molecular weight excluding hydrogens is 224 g/mol. The van der Waals surface area contributed by atoms with Crippen molar-refractivity contribution in [3.05, 3.63) is 0 Å². The third-order valence-electron chi connectivity index (χ3n) is 4.75. The molecule has 2 unspecified atom stereocenters. The summed E-state index contributed by atoms with van der Waals surface area (Å²) in [6.45, 7) is 14.8. The van der Waals surface area contributed by atoms with Crippen molar-refractivity contribution >= 4 is 0 Å². The van der Waals surface area contributed by atoms with E-state index < -0.39 is 0 Å². The molecule has 0 aromatic rings. The third-order valence-corrected chi connectivity index (χ3v) is 4.75. The second-order valence-corrected chi connectivity index (χ2v) is 7.27. The summed E-state index contributed by atoms with van der Waals surface area (Å²) in [5.41, 5.74) is 0.111. The number of rotatable bonds is 3. The van der Waals surface area contributed by atoms with Crippen molar-refractivity contribution in [1.29, 1.82) is 0 Å². The second-order valence-electron chi connectivity index (χ2n) is 7.27. The first-order chi connectivity index (χ1) is 8.40. The van der Waals surface area contributed by atoms with E-state index in [4.69, 9.17) is 0 Å². The molecule has 3 heteroatoms. The zero-order valence-corrected chi connectivity index (χ0v) is 12.5. The lowest BCUT2D eigenvalue weighted by Gasteiger charge is -2.40. The lowest BCUT2D eigenvalue weighted by Crippen LogP contribution is -2.53. The van der Waals surface area contributed by atoms with Gasteiger partial charge in [-0.2, -0.15) is 0 Å². The van der Waals surface area contributed by atoms with E-state index in [0.717, 1.165) is 25.4 Å². The number of nitrogens with zero attached hydrogens (tertiary/aromatic N) is 2. The van der Waals surface area contributed by atoms with Gasteiger partial charge < -0.3 is 10.0 Å². The molecule has 1 aliphatic heterocycles. The molecule has 0 aromatic heterocycles. The molecule has 2 atom stereocenters.